The first kappa shape index (κ1) is 10.1. The Balaban J connectivity index is 2.07. The fourth-order valence-corrected chi connectivity index (χ4v) is 2.13. The Kier molecular flexibility index (Phi) is 2.46. The van der Waals surface area contributed by atoms with Crippen LogP contribution in [0, 0.1) is 5.92 Å². The first-order valence-electron chi connectivity index (χ1n) is 5.22. The zero-order valence-corrected chi connectivity index (χ0v) is 8.66. The maximum Gasteiger partial charge on any atom is 0.232 e. The minimum Gasteiger partial charge on any atom is -0.354 e. The van der Waals surface area contributed by atoms with Crippen LogP contribution >= 0.6 is 0 Å². The van der Waals surface area contributed by atoms with Crippen molar-refractivity contribution in [3.63, 3.8) is 0 Å². The summed E-state index contributed by atoms with van der Waals surface area (Å²) in [6.45, 7) is 2.17. The van der Waals surface area contributed by atoms with E-state index < -0.39 is 0 Å². The average molecular weight is 210 g/mol. The lowest BCUT2D eigenvalue weighted by atomic mass is 10.1. The van der Waals surface area contributed by atoms with Crippen LogP contribution in [0.5, 0.6) is 0 Å². The molecule has 2 aliphatic heterocycles. The van der Waals surface area contributed by atoms with Crippen LogP contribution in [0.25, 0.3) is 0 Å². The van der Waals surface area contributed by atoms with Gasteiger partial charge in [-0.05, 0) is 6.42 Å². The third-order valence-electron chi connectivity index (χ3n) is 3.01. The molecule has 1 N–H and O–H groups in total. The van der Waals surface area contributed by atoms with Crippen molar-refractivity contribution >= 4 is 17.7 Å². The number of piperidine rings is 1. The van der Waals surface area contributed by atoms with Crippen LogP contribution in [0.2, 0.25) is 0 Å². The molecule has 2 atom stereocenters. The molecule has 2 saturated heterocycles. The molecule has 82 valence electrons. The van der Waals surface area contributed by atoms with Crippen molar-refractivity contribution in [1.82, 2.24) is 10.2 Å². The maximum absolute atomic E-state index is 11.7. The number of nitrogens with one attached hydrogen (secondary N) is 1. The zero-order valence-electron chi connectivity index (χ0n) is 8.66. The van der Waals surface area contributed by atoms with E-state index in [0.29, 0.717) is 25.8 Å². The van der Waals surface area contributed by atoms with Gasteiger partial charge in [0.05, 0.1) is 6.04 Å². The highest BCUT2D eigenvalue weighted by Crippen LogP contribution is 2.24. The molecule has 0 aromatic rings. The van der Waals surface area contributed by atoms with Crippen LogP contribution in [0.3, 0.4) is 0 Å². The van der Waals surface area contributed by atoms with Crippen molar-refractivity contribution in [2.75, 3.05) is 6.54 Å². The van der Waals surface area contributed by atoms with Crippen LogP contribution in [0.4, 0.5) is 0 Å². The molecule has 2 rings (SSSR count). The van der Waals surface area contributed by atoms with Gasteiger partial charge in [0, 0.05) is 25.3 Å². The number of hydrogen-bond donors (Lipinski definition) is 1. The van der Waals surface area contributed by atoms with Gasteiger partial charge < -0.3 is 5.32 Å². The van der Waals surface area contributed by atoms with E-state index in [1.54, 1.807) is 6.92 Å². The fraction of sp³-hybridized carbons (Fsp3) is 0.700. The van der Waals surface area contributed by atoms with Crippen molar-refractivity contribution < 1.29 is 14.4 Å². The Morgan fingerprint density at radius 1 is 1.33 bits per heavy atom. The highest BCUT2D eigenvalue weighted by molar-refractivity contribution is 6.03. The Labute approximate surface area is 87.8 Å². The van der Waals surface area contributed by atoms with E-state index in [1.807, 2.05) is 0 Å². The predicted molar refractivity (Wildman–Crippen MR) is 51.7 cm³/mol. The topological polar surface area (TPSA) is 66.5 Å². The van der Waals surface area contributed by atoms with E-state index in [1.165, 1.54) is 4.90 Å². The number of rotatable bonds is 1. The van der Waals surface area contributed by atoms with Crippen LogP contribution in [0.15, 0.2) is 0 Å². The van der Waals surface area contributed by atoms with Gasteiger partial charge in [0.2, 0.25) is 17.7 Å². The molecule has 0 aromatic carbocycles. The average Bonchev–Trinajstić information content (AvgIpc) is 2.44. The molecule has 0 radical (unpaired) electrons. The first-order valence-corrected chi connectivity index (χ1v) is 5.22. The summed E-state index contributed by atoms with van der Waals surface area (Å²) in [7, 11) is 0. The Morgan fingerprint density at radius 3 is 2.53 bits per heavy atom. The Hall–Kier alpha value is -1.39. The van der Waals surface area contributed by atoms with Gasteiger partial charge in [-0.2, -0.15) is 0 Å². The molecule has 0 bridgehead atoms. The molecule has 3 amide bonds. The Bertz CT molecular complexity index is 317. The van der Waals surface area contributed by atoms with E-state index in [9.17, 15) is 14.4 Å². The summed E-state index contributed by atoms with van der Waals surface area (Å²) in [6, 6.07) is -0.132. The van der Waals surface area contributed by atoms with Crippen LogP contribution in [-0.2, 0) is 14.4 Å². The third kappa shape index (κ3) is 1.73. The summed E-state index contributed by atoms with van der Waals surface area (Å²) < 4.78 is 0. The number of hydrogen-bond acceptors (Lipinski definition) is 3. The summed E-state index contributed by atoms with van der Waals surface area (Å²) in [6.07, 6.45) is 1.30. The van der Waals surface area contributed by atoms with Gasteiger partial charge in [0.1, 0.15) is 0 Å². The molecular weight excluding hydrogens is 196 g/mol. The molecule has 15 heavy (non-hydrogen) atoms. The number of carbonyl (C=O) groups excluding carboxylic acids is 3. The largest absolute Gasteiger partial charge is 0.354 e. The third-order valence-corrected chi connectivity index (χ3v) is 3.01. The number of carbonyl (C=O) groups is 3. The van der Waals surface area contributed by atoms with Gasteiger partial charge in [0.25, 0.3) is 0 Å². The number of amides is 3. The second-order valence-electron chi connectivity index (χ2n) is 4.20. The SMILES string of the molecule is CC1CC(=O)N(C2CCC(=O)NC2)C1=O. The molecule has 2 heterocycles. The first-order chi connectivity index (χ1) is 7.09. The molecular formula is C10H14N2O3. The molecule has 2 unspecified atom stereocenters. The molecule has 2 fully saturated rings. The number of likely N-dealkylation sites (tertiary alicyclic amines) is 1. The van der Waals surface area contributed by atoms with Crippen LogP contribution in [0.1, 0.15) is 26.2 Å². The van der Waals surface area contributed by atoms with Gasteiger partial charge in [-0.3, -0.25) is 19.3 Å². The summed E-state index contributed by atoms with van der Waals surface area (Å²) in [5, 5.41) is 2.68. The van der Waals surface area contributed by atoms with Crippen molar-refractivity contribution in [2.45, 2.75) is 32.2 Å². The van der Waals surface area contributed by atoms with Gasteiger partial charge in [-0.1, -0.05) is 6.92 Å². The van der Waals surface area contributed by atoms with Crippen LogP contribution < -0.4 is 5.32 Å². The van der Waals surface area contributed by atoms with Crippen LogP contribution in [-0.4, -0.2) is 35.2 Å². The highest BCUT2D eigenvalue weighted by atomic mass is 16.2. The zero-order chi connectivity index (χ0) is 11.0. The summed E-state index contributed by atoms with van der Waals surface area (Å²) in [5.74, 6) is -0.400. The van der Waals surface area contributed by atoms with E-state index in [-0.39, 0.29) is 29.7 Å². The molecule has 0 aromatic heterocycles. The lowest BCUT2D eigenvalue weighted by Gasteiger charge is -2.29. The van der Waals surface area contributed by atoms with Crippen molar-refractivity contribution in [3.8, 4) is 0 Å². The van der Waals surface area contributed by atoms with Gasteiger partial charge >= 0.3 is 0 Å². The maximum atomic E-state index is 11.7. The monoisotopic (exact) mass is 210 g/mol. The lowest BCUT2D eigenvalue weighted by molar-refractivity contribution is -0.143. The minimum atomic E-state index is -0.199. The second kappa shape index (κ2) is 3.64. The van der Waals surface area contributed by atoms with Crippen molar-refractivity contribution in [1.29, 1.82) is 0 Å². The standard InChI is InChI=1S/C10H14N2O3/c1-6-4-9(14)12(10(6)15)7-2-3-8(13)11-5-7/h6-7H,2-5H2,1H3,(H,11,13). The van der Waals surface area contributed by atoms with Crippen molar-refractivity contribution in [2.24, 2.45) is 5.92 Å². The summed E-state index contributed by atoms with van der Waals surface area (Å²) in [5.41, 5.74) is 0. The van der Waals surface area contributed by atoms with E-state index >= 15 is 0 Å². The van der Waals surface area contributed by atoms with E-state index in [4.69, 9.17) is 0 Å². The van der Waals surface area contributed by atoms with Gasteiger partial charge in [-0.25, -0.2) is 0 Å². The molecule has 0 spiro atoms. The summed E-state index contributed by atoms with van der Waals surface area (Å²) in [4.78, 5) is 35.5. The molecule has 5 heteroatoms. The van der Waals surface area contributed by atoms with Gasteiger partial charge in [-0.15, -0.1) is 0 Å². The normalized spacial score (nSPS) is 32.1. The minimum absolute atomic E-state index is 0.00149. The second-order valence-corrected chi connectivity index (χ2v) is 4.20. The van der Waals surface area contributed by atoms with Gasteiger partial charge in [0.15, 0.2) is 0 Å². The highest BCUT2D eigenvalue weighted by Gasteiger charge is 2.40. The smallest absolute Gasteiger partial charge is 0.232 e. The summed E-state index contributed by atoms with van der Waals surface area (Å²) >= 11 is 0. The fourth-order valence-electron chi connectivity index (χ4n) is 2.13. The molecule has 0 saturated carbocycles. The van der Waals surface area contributed by atoms with E-state index in [0.717, 1.165) is 0 Å². The number of imide groups is 1. The quantitative estimate of drug-likeness (QED) is 0.602. The lowest BCUT2D eigenvalue weighted by Crippen LogP contribution is -2.50. The predicted octanol–water partition coefficient (Wildman–Crippen LogP) is -0.340. The number of nitrogens with zero attached hydrogens (tertiary/aromatic N) is 1. The van der Waals surface area contributed by atoms with Crippen molar-refractivity contribution in [3.05, 3.63) is 0 Å². The van der Waals surface area contributed by atoms with E-state index in [2.05, 4.69) is 5.32 Å². The Morgan fingerprint density at radius 2 is 2.07 bits per heavy atom. The molecule has 0 aliphatic carbocycles. The molecule has 2 aliphatic rings. The molecule has 5 nitrogen and oxygen atoms in total.